The van der Waals surface area contributed by atoms with Crippen molar-refractivity contribution in [3.05, 3.63) is 0 Å². The molecule has 0 rings (SSSR count). The lowest BCUT2D eigenvalue weighted by Crippen LogP contribution is -2.39. The van der Waals surface area contributed by atoms with Gasteiger partial charge in [0.25, 0.3) is 3.79 Å². The summed E-state index contributed by atoms with van der Waals surface area (Å²) >= 11 is 14.4. The fraction of sp³-hybridized carbons (Fsp3) is 0.500. The maximum atomic E-state index is 9.77. The Bertz CT molecular complexity index is 280. The average molecular weight is 313 g/mol. The van der Waals surface area contributed by atoms with E-state index in [1.54, 1.807) is 0 Å². The molecule has 8 nitrogen and oxygen atoms in total. The van der Waals surface area contributed by atoms with E-state index in [0.717, 1.165) is 0 Å². The monoisotopic (exact) mass is 312 g/mol. The van der Waals surface area contributed by atoms with Crippen LogP contribution in [0.3, 0.4) is 0 Å². The molecule has 2 atom stereocenters. The van der Waals surface area contributed by atoms with Crippen LogP contribution >= 0.6 is 34.8 Å². The minimum atomic E-state index is -2.27. The molecule has 0 aromatic rings. The molecule has 100 valence electrons. The van der Waals surface area contributed by atoms with Crippen molar-refractivity contribution in [1.29, 1.82) is 0 Å². The van der Waals surface area contributed by atoms with Crippen LogP contribution in [-0.2, 0) is 14.4 Å². The number of rotatable bonds is 3. The Hall–Kier alpha value is -0.800. The highest BCUT2D eigenvalue weighted by Gasteiger charge is 2.30. The van der Waals surface area contributed by atoms with Crippen LogP contribution in [0.4, 0.5) is 0 Å². The van der Waals surface area contributed by atoms with E-state index >= 15 is 0 Å². The van der Waals surface area contributed by atoms with Gasteiger partial charge in [0.15, 0.2) is 12.2 Å². The number of carboxylic acids is 3. The molecular formula is C6H7Cl3O8. The van der Waals surface area contributed by atoms with E-state index in [4.69, 9.17) is 60.3 Å². The molecule has 0 fully saturated rings. The van der Waals surface area contributed by atoms with Crippen LogP contribution in [0.15, 0.2) is 0 Å². The Kier molecular flexibility index (Phi) is 8.20. The number of aliphatic hydroxyl groups excluding tert-OH is 2. The van der Waals surface area contributed by atoms with Gasteiger partial charge in [0.2, 0.25) is 0 Å². The Balaban J connectivity index is 0. The second-order valence-corrected chi connectivity index (χ2v) is 4.65. The number of hydrogen-bond donors (Lipinski definition) is 5. The molecule has 2 unspecified atom stereocenters. The molecule has 0 amide bonds. The third-order valence-corrected chi connectivity index (χ3v) is 1.53. The Morgan fingerprint density at radius 3 is 1.06 bits per heavy atom. The van der Waals surface area contributed by atoms with Gasteiger partial charge in [0.1, 0.15) is 0 Å². The highest BCUT2D eigenvalue weighted by molar-refractivity contribution is 6.75. The van der Waals surface area contributed by atoms with Gasteiger partial charge in [0.05, 0.1) is 0 Å². The third kappa shape index (κ3) is 8.95. The smallest absolute Gasteiger partial charge is 0.356 e. The summed E-state index contributed by atoms with van der Waals surface area (Å²) in [5.41, 5.74) is 0. The zero-order valence-electron chi connectivity index (χ0n) is 7.75. The number of carbonyl (C=O) groups is 3. The molecule has 0 saturated heterocycles. The van der Waals surface area contributed by atoms with Crippen LogP contribution in [0.5, 0.6) is 0 Å². The number of carboxylic acid groups (broad SMARTS) is 3. The molecule has 11 heteroatoms. The van der Waals surface area contributed by atoms with Gasteiger partial charge < -0.3 is 25.5 Å². The summed E-state index contributed by atoms with van der Waals surface area (Å²) in [7, 11) is 0. The summed E-state index contributed by atoms with van der Waals surface area (Å²) in [6, 6.07) is 0. The van der Waals surface area contributed by atoms with Crippen molar-refractivity contribution >= 4 is 52.7 Å². The van der Waals surface area contributed by atoms with Crippen molar-refractivity contribution < 1.29 is 39.9 Å². The normalized spacial score (nSPS) is 13.9. The number of hydrogen-bond acceptors (Lipinski definition) is 5. The third-order valence-electron chi connectivity index (χ3n) is 1.05. The van der Waals surface area contributed by atoms with Gasteiger partial charge in [-0.2, -0.15) is 0 Å². The van der Waals surface area contributed by atoms with E-state index in [0.29, 0.717) is 0 Å². The van der Waals surface area contributed by atoms with Crippen LogP contribution in [-0.4, -0.2) is 59.4 Å². The molecule has 0 aliphatic carbocycles. The lowest BCUT2D eigenvalue weighted by molar-refractivity contribution is -0.165. The molecule has 0 aliphatic rings. The minimum absolute atomic E-state index is 1.46. The molecule has 0 heterocycles. The van der Waals surface area contributed by atoms with E-state index in [-0.39, 0.29) is 0 Å². The Morgan fingerprint density at radius 2 is 1.00 bits per heavy atom. The topological polar surface area (TPSA) is 152 Å². The van der Waals surface area contributed by atoms with Crippen molar-refractivity contribution in [2.75, 3.05) is 0 Å². The van der Waals surface area contributed by atoms with Gasteiger partial charge in [-0.05, 0) is 0 Å². The summed E-state index contributed by atoms with van der Waals surface area (Å²) in [4.78, 5) is 29.2. The van der Waals surface area contributed by atoms with Crippen molar-refractivity contribution in [2.45, 2.75) is 16.0 Å². The predicted molar refractivity (Wildman–Crippen MR) is 55.2 cm³/mol. The van der Waals surface area contributed by atoms with Gasteiger partial charge >= 0.3 is 17.9 Å². The van der Waals surface area contributed by atoms with Gasteiger partial charge in [-0.1, -0.05) is 34.8 Å². The van der Waals surface area contributed by atoms with E-state index in [1.165, 1.54) is 0 Å². The highest BCUT2D eigenvalue weighted by atomic mass is 35.6. The molecular weight excluding hydrogens is 306 g/mol. The molecule has 0 aromatic heterocycles. The lowest BCUT2D eigenvalue weighted by Gasteiger charge is -2.07. The summed E-state index contributed by atoms with van der Waals surface area (Å²) in [6.45, 7) is 0. The predicted octanol–water partition coefficient (Wildman–Crippen LogP) is -0.681. The van der Waals surface area contributed by atoms with Gasteiger partial charge in [0, 0.05) is 0 Å². The van der Waals surface area contributed by atoms with Crippen LogP contribution in [0.1, 0.15) is 0 Å². The van der Waals surface area contributed by atoms with Crippen LogP contribution in [0, 0.1) is 0 Å². The fourth-order valence-electron chi connectivity index (χ4n) is 0.270. The van der Waals surface area contributed by atoms with E-state index in [9.17, 15) is 14.4 Å². The van der Waals surface area contributed by atoms with Crippen LogP contribution in [0.25, 0.3) is 0 Å². The van der Waals surface area contributed by atoms with Crippen molar-refractivity contribution in [3.63, 3.8) is 0 Å². The first-order valence-electron chi connectivity index (χ1n) is 3.53. The zero-order chi connectivity index (χ0) is 14.4. The van der Waals surface area contributed by atoms with Gasteiger partial charge in [-0.25, -0.2) is 14.4 Å². The standard InChI is InChI=1S/C4H6O6.C2HCl3O2/c5-1(3(7)8)2(6)4(9)10;3-2(4,5)1(6)7/h1-2,5-6H,(H,7,8)(H,9,10);(H,6,7). The first-order valence-corrected chi connectivity index (χ1v) is 4.66. The summed E-state index contributed by atoms with van der Waals surface area (Å²) < 4.78 is -2.17. The summed E-state index contributed by atoms with van der Waals surface area (Å²) in [6.07, 6.45) is -4.53. The molecule has 0 aliphatic heterocycles. The summed E-state index contributed by atoms with van der Waals surface area (Å²) in [5.74, 6) is -5.00. The second kappa shape index (κ2) is 7.51. The molecule has 17 heavy (non-hydrogen) atoms. The zero-order valence-corrected chi connectivity index (χ0v) is 10.0. The molecule has 5 N–H and O–H groups in total. The van der Waals surface area contributed by atoms with Gasteiger partial charge in [-0.3, -0.25) is 0 Å². The Labute approximate surface area is 109 Å². The van der Waals surface area contributed by atoms with Crippen LogP contribution < -0.4 is 0 Å². The lowest BCUT2D eigenvalue weighted by atomic mass is 10.2. The quantitative estimate of drug-likeness (QED) is 0.430. The fourth-order valence-corrected chi connectivity index (χ4v) is 0.270. The molecule has 0 aromatic carbocycles. The minimum Gasteiger partial charge on any atom is -0.479 e. The van der Waals surface area contributed by atoms with Gasteiger partial charge in [-0.15, -0.1) is 0 Å². The summed E-state index contributed by atoms with van der Waals surface area (Å²) in [5, 5.41) is 40.4. The average Bonchev–Trinajstić information content (AvgIpc) is 2.14. The van der Waals surface area contributed by atoms with Crippen molar-refractivity contribution in [3.8, 4) is 0 Å². The van der Waals surface area contributed by atoms with Crippen molar-refractivity contribution in [2.24, 2.45) is 0 Å². The Morgan fingerprint density at radius 1 is 0.824 bits per heavy atom. The number of halogens is 3. The first kappa shape index (κ1) is 18.6. The van der Waals surface area contributed by atoms with Crippen LogP contribution in [0.2, 0.25) is 0 Å². The molecule has 0 spiro atoms. The number of alkyl halides is 3. The maximum Gasteiger partial charge on any atom is 0.356 e. The van der Waals surface area contributed by atoms with E-state index in [2.05, 4.69) is 0 Å². The molecule has 0 radical (unpaired) electrons. The SMILES string of the molecule is O=C(O)C(Cl)(Cl)Cl.O=C(O)C(O)C(O)C(=O)O. The highest BCUT2D eigenvalue weighted by Crippen LogP contribution is 2.25. The second-order valence-electron chi connectivity index (χ2n) is 2.37. The maximum absolute atomic E-state index is 9.77. The number of aliphatic hydroxyl groups is 2. The van der Waals surface area contributed by atoms with E-state index in [1.807, 2.05) is 0 Å². The largest absolute Gasteiger partial charge is 0.479 e. The number of aliphatic carboxylic acids is 3. The molecule has 0 saturated carbocycles. The molecule has 0 bridgehead atoms. The first-order chi connectivity index (χ1) is 7.41. The van der Waals surface area contributed by atoms with Crippen molar-refractivity contribution in [1.82, 2.24) is 0 Å². The van der Waals surface area contributed by atoms with E-state index < -0.39 is 33.9 Å².